The molecule has 94 valence electrons. The van der Waals surface area contributed by atoms with E-state index in [1.165, 1.54) is 5.56 Å². The summed E-state index contributed by atoms with van der Waals surface area (Å²) in [5, 5.41) is 7.44. The number of rotatable bonds is 2. The molecule has 1 aromatic heterocycles. The van der Waals surface area contributed by atoms with Crippen LogP contribution in [0.5, 0.6) is 0 Å². The predicted molar refractivity (Wildman–Crippen MR) is 69.2 cm³/mol. The van der Waals surface area contributed by atoms with Crippen LogP contribution in [0, 0.1) is 12.8 Å². The molecule has 0 bridgehead atoms. The van der Waals surface area contributed by atoms with Crippen LogP contribution in [0.4, 0.5) is 0 Å². The third-order valence-corrected chi connectivity index (χ3v) is 3.55. The molecule has 2 heterocycles. The fourth-order valence-corrected chi connectivity index (χ4v) is 2.43. The van der Waals surface area contributed by atoms with Gasteiger partial charge in [0.1, 0.15) is 0 Å². The molecule has 1 N–H and O–H groups in total. The summed E-state index contributed by atoms with van der Waals surface area (Å²) in [4.78, 5) is 4.54. The van der Waals surface area contributed by atoms with Crippen molar-refractivity contribution in [2.75, 3.05) is 13.1 Å². The third-order valence-electron chi connectivity index (χ3n) is 3.55. The van der Waals surface area contributed by atoms with E-state index in [0.29, 0.717) is 17.7 Å². The fraction of sp³-hybridized carbons (Fsp3) is 0.429. The molecule has 0 aliphatic carbocycles. The van der Waals surface area contributed by atoms with Gasteiger partial charge in [-0.05, 0) is 25.5 Å². The van der Waals surface area contributed by atoms with Crippen molar-refractivity contribution in [1.29, 1.82) is 0 Å². The quantitative estimate of drug-likeness (QED) is 0.879. The Morgan fingerprint density at radius 1 is 1.33 bits per heavy atom. The van der Waals surface area contributed by atoms with Gasteiger partial charge >= 0.3 is 0 Å². The van der Waals surface area contributed by atoms with Gasteiger partial charge in [0.2, 0.25) is 11.7 Å². The number of hydrogen-bond donors (Lipinski definition) is 1. The second-order valence-electron chi connectivity index (χ2n) is 5.07. The van der Waals surface area contributed by atoms with Crippen molar-refractivity contribution in [3.05, 3.63) is 35.7 Å². The minimum absolute atomic E-state index is 0.344. The largest absolute Gasteiger partial charge is 0.339 e. The maximum Gasteiger partial charge on any atom is 0.231 e. The highest BCUT2D eigenvalue weighted by molar-refractivity contribution is 5.55. The van der Waals surface area contributed by atoms with Crippen LogP contribution < -0.4 is 5.32 Å². The first-order valence-corrected chi connectivity index (χ1v) is 6.35. The summed E-state index contributed by atoms with van der Waals surface area (Å²) < 4.78 is 5.41. The molecule has 0 saturated carbocycles. The summed E-state index contributed by atoms with van der Waals surface area (Å²) in [5.41, 5.74) is 2.22. The highest BCUT2D eigenvalue weighted by Gasteiger charge is 2.29. The maximum absolute atomic E-state index is 5.41. The third kappa shape index (κ3) is 2.04. The molecule has 2 atom stereocenters. The normalized spacial score (nSPS) is 23.4. The molecule has 1 fully saturated rings. The topological polar surface area (TPSA) is 51.0 Å². The zero-order valence-electron chi connectivity index (χ0n) is 10.7. The number of hydrogen-bond acceptors (Lipinski definition) is 4. The summed E-state index contributed by atoms with van der Waals surface area (Å²) in [6, 6.07) is 8.16. The number of benzene rings is 1. The van der Waals surface area contributed by atoms with Gasteiger partial charge in [-0.3, -0.25) is 0 Å². The summed E-state index contributed by atoms with van der Waals surface area (Å²) in [6.07, 6.45) is 0. The van der Waals surface area contributed by atoms with E-state index in [2.05, 4.69) is 41.4 Å². The summed E-state index contributed by atoms with van der Waals surface area (Å²) >= 11 is 0. The Morgan fingerprint density at radius 3 is 2.94 bits per heavy atom. The van der Waals surface area contributed by atoms with E-state index in [0.717, 1.165) is 24.5 Å². The minimum Gasteiger partial charge on any atom is -0.339 e. The monoisotopic (exact) mass is 243 g/mol. The lowest BCUT2D eigenvalue weighted by Gasteiger charge is -2.07. The standard InChI is InChI=1S/C14H17N3O/c1-9-4-3-5-11(6-9)13-16-14(18-17-13)12-8-15-7-10(12)2/h3-6,10,12,15H,7-8H2,1-2H3/t10-,12-/m1/s1. The summed E-state index contributed by atoms with van der Waals surface area (Å²) in [6.45, 7) is 6.22. The van der Waals surface area contributed by atoms with Gasteiger partial charge in [-0.2, -0.15) is 4.98 Å². The second-order valence-corrected chi connectivity index (χ2v) is 5.07. The Hall–Kier alpha value is -1.68. The molecular formula is C14H17N3O. The van der Waals surface area contributed by atoms with E-state index in [1.807, 2.05) is 12.1 Å². The van der Waals surface area contributed by atoms with Crippen molar-refractivity contribution in [3.63, 3.8) is 0 Å². The lowest BCUT2D eigenvalue weighted by molar-refractivity contribution is 0.340. The first kappa shape index (κ1) is 11.4. The smallest absolute Gasteiger partial charge is 0.231 e. The predicted octanol–water partition coefficient (Wildman–Crippen LogP) is 2.37. The van der Waals surface area contributed by atoms with Crippen molar-refractivity contribution in [1.82, 2.24) is 15.5 Å². The first-order chi connectivity index (χ1) is 8.74. The molecule has 4 nitrogen and oxygen atoms in total. The summed E-state index contributed by atoms with van der Waals surface area (Å²) in [5.74, 6) is 2.34. The van der Waals surface area contributed by atoms with Crippen LogP contribution in [0.25, 0.3) is 11.4 Å². The lowest BCUT2D eigenvalue weighted by Crippen LogP contribution is -2.08. The van der Waals surface area contributed by atoms with E-state index >= 15 is 0 Å². The van der Waals surface area contributed by atoms with Gasteiger partial charge in [-0.1, -0.05) is 35.8 Å². The van der Waals surface area contributed by atoms with E-state index in [1.54, 1.807) is 0 Å². The highest BCUT2D eigenvalue weighted by atomic mass is 16.5. The van der Waals surface area contributed by atoms with E-state index in [4.69, 9.17) is 4.52 Å². The zero-order valence-corrected chi connectivity index (χ0v) is 10.7. The van der Waals surface area contributed by atoms with Crippen molar-refractivity contribution >= 4 is 0 Å². The van der Waals surface area contributed by atoms with Crippen LogP contribution in [-0.2, 0) is 0 Å². The van der Waals surface area contributed by atoms with Gasteiger partial charge in [0.15, 0.2) is 0 Å². The van der Waals surface area contributed by atoms with Crippen molar-refractivity contribution < 1.29 is 4.52 Å². The lowest BCUT2D eigenvalue weighted by atomic mass is 9.98. The zero-order chi connectivity index (χ0) is 12.5. The van der Waals surface area contributed by atoms with Gasteiger partial charge in [0.25, 0.3) is 0 Å². The van der Waals surface area contributed by atoms with Gasteiger partial charge in [-0.25, -0.2) is 0 Å². The molecule has 1 aliphatic heterocycles. The maximum atomic E-state index is 5.41. The molecule has 0 spiro atoms. The van der Waals surface area contributed by atoms with Crippen LogP contribution in [-0.4, -0.2) is 23.2 Å². The molecule has 1 saturated heterocycles. The van der Waals surface area contributed by atoms with Gasteiger partial charge in [-0.15, -0.1) is 0 Å². The molecule has 0 radical (unpaired) electrons. The molecule has 0 unspecified atom stereocenters. The average molecular weight is 243 g/mol. The number of nitrogens with zero attached hydrogens (tertiary/aromatic N) is 2. The van der Waals surface area contributed by atoms with Gasteiger partial charge in [0.05, 0.1) is 5.92 Å². The molecule has 18 heavy (non-hydrogen) atoms. The fourth-order valence-electron chi connectivity index (χ4n) is 2.43. The van der Waals surface area contributed by atoms with E-state index in [-0.39, 0.29) is 0 Å². The molecular weight excluding hydrogens is 226 g/mol. The molecule has 4 heteroatoms. The van der Waals surface area contributed by atoms with Crippen LogP contribution in [0.3, 0.4) is 0 Å². The number of nitrogens with one attached hydrogen (secondary N) is 1. The second kappa shape index (κ2) is 4.53. The molecule has 1 aromatic carbocycles. The molecule has 0 amide bonds. The van der Waals surface area contributed by atoms with E-state index in [9.17, 15) is 0 Å². The van der Waals surface area contributed by atoms with Crippen LogP contribution in [0.1, 0.15) is 24.3 Å². The molecule has 2 aromatic rings. The Morgan fingerprint density at radius 2 is 2.22 bits per heavy atom. The van der Waals surface area contributed by atoms with Crippen LogP contribution >= 0.6 is 0 Å². The average Bonchev–Trinajstić information content (AvgIpc) is 2.97. The Balaban J connectivity index is 1.89. The minimum atomic E-state index is 0.344. The van der Waals surface area contributed by atoms with Gasteiger partial charge in [0, 0.05) is 12.1 Å². The summed E-state index contributed by atoms with van der Waals surface area (Å²) in [7, 11) is 0. The SMILES string of the molecule is Cc1cccc(-c2noc([C@@H]3CNC[C@H]3C)n2)c1. The van der Waals surface area contributed by atoms with E-state index < -0.39 is 0 Å². The Bertz CT molecular complexity index is 549. The van der Waals surface area contributed by atoms with Crippen molar-refractivity contribution in [2.45, 2.75) is 19.8 Å². The highest BCUT2D eigenvalue weighted by Crippen LogP contribution is 2.28. The Kier molecular flexibility index (Phi) is 2.88. The van der Waals surface area contributed by atoms with Crippen molar-refractivity contribution in [2.24, 2.45) is 5.92 Å². The molecule has 3 rings (SSSR count). The van der Waals surface area contributed by atoms with Gasteiger partial charge < -0.3 is 9.84 Å². The van der Waals surface area contributed by atoms with Crippen molar-refractivity contribution in [3.8, 4) is 11.4 Å². The Labute approximate surface area is 106 Å². The van der Waals surface area contributed by atoms with Crippen LogP contribution in [0.2, 0.25) is 0 Å². The molecule has 1 aliphatic rings. The number of aryl methyl sites for hydroxylation is 1. The number of aromatic nitrogens is 2. The first-order valence-electron chi connectivity index (χ1n) is 6.35. The van der Waals surface area contributed by atoms with Crippen LogP contribution in [0.15, 0.2) is 28.8 Å².